The lowest BCUT2D eigenvalue weighted by molar-refractivity contribution is 0.302. The van der Waals surface area contributed by atoms with Crippen molar-refractivity contribution in [1.29, 1.82) is 0 Å². The van der Waals surface area contributed by atoms with Crippen LogP contribution < -0.4 is 10.6 Å². The Morgan fingerprint density at radius 2 is 1.30 bits per heavy atom. The molecular formula is C16H40N4. The molecule has 0 saturated carbocycles. The third kappa shape index (κ3) is 43.3. The van der Waals surface area contributed by atoms with Crippen LogP contribution >= 0.6 is 0 Å². The summed E-state index contributed by atoms with van der Waals surface area (Å²) in [6, 6.07) is 0. The zero-order valence-electron chi connectivity index (χ0n) is 15.1. The van der Waals surface area contributed by atoms with Gasteiger partial charge in [-0.3, -0.25) is 0 Å². The molecule has 0 aliphatic carbocycles. The van der Waals surface area contributed by atoms with Crippen LogP contribution in [0.4, 0.5) is 0 Å². The molecule has 20 heavy (non-hydrogen) atoms. The lowest BCUT2D eigenvalue weighted by atomic mass is 10.5. The monoisotopic (exact) mass is 288 g/mol. The zero-order chi connectivity index (χ0) is 16.8. The fourth-order valence-electron chi connectivity index (χ4n) is 0.932. The van der Waals surface area contributed by atoms with Gasteiger partial charge in [0.1, 0.15) is 0 Å². The summed E-state index contributed by atoms with van der Waals surface area (Å²) in [6.07, 6.45) is 1.93. The predicted molar refractivity (Wildman–Crippen MR) is 96.7 cm³/mol. The second-order valence-electron chi connectivity index (χ2n) is 4.06. The van der Waals surface area contributed by atoms with Gasteiger partial charge in [0.15, 0.2) is 0 Å². The van der Waals surface area contributed by atoms with Gasteiger partial charge in [-0.2, -0.15) is 0 Å². The minimum Gasteiger partial charge on any atom is -0.318 e. The van der Waals surface area contributed by atoms with Crippen molar-refractivity contribution < 1.29 is 0 Å². The van der Waals surface area contributed by atoms with Crippen LogP contribution in [-0.4, -0.2) is 77.8 Å². The van der Waals surface area contributed by atoms with E-state index in [-0.39, 0.29) is 0 Å². The molecule has 0 heterocycles. The van der Waals surface area contributed by atoms with Crippen LogP contribution in [0.5, 0.6) is 0 Å². The Morgan fingerprint density at radius 3 is 1.55 bits per heavy atom. The molecule has 0 saturated heterocycles. The number of likely N-dealkylation sites (N-methyl/N-ethyl adjacent to an activating group) is 4. The fourth-order valence-corrected chi connectivity index (χ4v) is 0.932. The maximum Gasteiger partial charge on any atom is 0.0158 e. The number of nitrogens with one attached hydrogen (secondary N) is 2. The second kappa shape index (κ2) is 31.0. The Hall–Kier alpha value is -0.680. The Morgan fingerprint density at radius 1 is 0.900 bits per heavy atom. The third-order valence-electron chi connectivity index (χ3n) is 1.99. The molecule has 0 rings (SSSR count). The predicted octanol–water partition coefficient (Wildman–Crippen LogP) is 1.92. The summed E-state index contributed by atoms with van der Waals surface area (Å²) in [6.45, 7) is 19.0. The molecule has 4 nitrogen and oxygen atoms in total. The normalized spacial score (nSPS) is 8.65. The van der Waals surface area contributed by atoms with Crippen molar-refractivity contribution in [2.24, 2.45) is 0 Å². The van der Waals surface area contributed by atoms with E-state index in [1.54, 1.807) is 0 Å². The summed E-state index contributed by atoms with van der Waals surface area (Å²) >= 11 is 0. The molecular weight excluding hydrogens is 248 g/mol. The first-order chi connectivity index (χ1) is 9.58. The van der Waals surface area contributed by atoms with Crippen LogP contribution in [0, 0.1) is 0 Å². The van der Waals surface area contributed by atoms with Crippen molar-refractivity contribution in [2.75, 3.05) is 68.0 Å². The lowest BCUT2D eigenvalue weighted by Crippen LogP contribution is -2.28. The van der Waals surface area contributed by atoms with Gasteiger partial charge in [0.05, 0.1) is 0 Å². The fraction of sp³-hybridized carbons (Fsp3) is 0.750. The van der Waals surface area contributed by atoms with E-state index in [9.17, 15) is 0 Å². The number of rotatable bonds is 8. The average molecular weight is 289 g/mol. The molecule has 0 atom stereocenters. The smallest absolute Gasteiger partial charge is 0.0158 e. The van der Waals surface area contributed by atoms with Gasteiger partial charge in [-0.15, -0.1) is 19.7 Å². The molecule has 0 aliphatic rings. The summed E-state index contributed by atoms with van der Waals surface area (Å²) in [7, 11) is 10.2. The Labute approximate surface area is 128 Å². The van der Waals surface area contributed by atoms with E-state index in [0.717, 1.165) is 32.7 Å². The van der Waals surface area contributed by atoms with E-state index >= 15 is 0 Å². The van der Waals surface area contributed by atoms with Crippen LogP contribution in [0.15, 0.2) is 25.8 Å². The van der Waals surface area contributed by atoms with Crippen LogP contribution in [0.25, 0.3) is 0 Å². The molecule has 0 aromatic carbocycles. The molecule has 0 bridgehead atoms. The van der Waals surface area contributed by atoms with Crippen LogP contribution in [0.1, 0.15) is 13.8 Å². The second-order valence-corrected chi connectivity index (χ2v) is 4.06. The summed E-state index contributed by atoms with van der Waals surface area (Å²) in [4.78, 5) is 4.42. The SMILES string of the molecule is C=C.C=CCN(C)CCN(C)C.CC.CNCCNC. The molecule has 0 unspecified atom stereocenters. The van der Waals surface area contributed by atoms with Crippen LogP contribution in [0.3, 0.4) is 0 Å². The van der Waals surface area contributed by atoms with Crippen molar-refractivity contribution in [3.05, 3.63) is 25.8 Å². The molecule has 0 aromatic rings. The van der Waals surface area contributed by atoms with Crippen molar-refractivity contribution in [1.82, 2.24) is 20.4 Å². The Kier molecular flexibility index (Phi) is 42.8. The minimum absolute atomic E-state index is 0.980. The first kappa shape index (κ1) is 27.6. The largest absolute Gasteiger partial charge is 0.318 e. The Balaban J connectivity index is -0.000000109. The van der Waals surface area contributed by atoms with Gasteiger partial charge in [-0.25, -0.2) is 0 Å². The highest BCUT2D eigenvalue weighted by atomic mass is 15.1. The molecule has 4 heteroatoms. The Bertz CT molecular complexity index is 145. The maximum atomic E-state index is 3.67. The van der Waals surface area contributed by atoms with Crippen LogP contribution in [0.2, 0.25) is 0 Å². The van der Waals surface area contributed by atoms with Gasteiger partial charge in [-0.1, -0.05) is 19.9 Å². The molecule has 124 valence electrons. The van der Waals surface area contributed by atoms with E-state index in [1.165, 1.54) is 0 Å². The highest BCUT2D eigenvalue weighted by Gasteiger charge is 1.94. The summed E-state index contributed by atoms with van der Waals surface area (Å²) in [5.74, 6) is 0. The van der Waals surface area contributed by atoms with Crippen molar-refractivity contribution in [3.8, 4) is 0 Å². The summed E-state index contributed by atoms with van der Waals surface area (Å²) < 4.78 is 0. The van der Waals surface area contributed by atoms with E-state index in [1.807, 2.05) is 34.0 Å². The molecule has 2 N–H and O–H groups in total. The van der Waals surface area contributed by atoms with Gasteiger partial charge in [0.2, 0.25) is 0 Å². The van der Waals surface area contributed by atoms with Gasteiger partial charge in [0.25, 0.3) is 0 Å². The number of hydrogen-bond acceptors (Lipinski definition) is 4. The molecule has 0 aromatic heterocycles. The number of nitrogens with zero attached hydrogens (tertiary/aromatic N) is 2. The van der Waals surface area contributed by atoms with Gasteiger partial charge in [-0.05, 0) is 35.2 Å². The molecule has 0 amide bonds. The summed E-state index contributed by atoms with van der Waals surface area (Å²) in [5.41, 5.74) is 0. The van der Waals surface area contributed by atoms with E-state index in [4.69, 9.17) is 0 Å². The highest BCUT2D eigenvalue weighted by molar-refractivity contribution is 4.71. The van der Waals surface area contributed by atoms with Crippen molar-refractivity contribution in [2.45, 2.75) is 13.8 Å². The molecule has 0 spiro atoms. The zero-order valence-corrected chi connectivity index (χ0v) is 15.1. The first-order valence-corrected chi connectivity index (χ1v) is 7.31. The standard InChI is InChI=1S/C8H18N2.C4H12N2.C2H6.C2H4/c1-5-6-10(4)8-7-9(2)3;1-5-3-4-6-2;2*1-2/h5H,1,6-8H2,2-4H3;5-6H,3-4H2,1-2H3;1-2H3;1-2H2. The van der Waals surface area contributed by atoms with Crippen LogP contribution in [-0.2, 0) is 0 Å². The third-order valence-corrected chi connectivity index (χ3v) is 1.99. The van der Waals surface area contributed by atoms with E-state index < -0.39 is 0 Å². The van der Waals surface area contributed by atoms with Gasteiger partial charge in [0, 0.05) is 32.7 Å². The topological polar surface area (TPSA) is 30.5 Å². The molecule has 0 fully saturated rings. The first-order valence-electron chi connectivity index (χ1n) is 7.31. The van der Waals surface area contributed by atoms with Crippen molar-refractivity contribution >= 4 is 0 Å². The maximum absolute atomic E-state index is 3.67. The van der Waals surface area contributed by atoms with Gasteiger partial charge < -0.3 is 20.4 Å². The van der Waals surface area contributed by atoms with Gasteiger partial charge >= 0.3 is 0 Å². The quantitative estimate of drug-likeness (QED) is 0.528. The van der Waals surface area contributed by atoms with Crippen molar-refractivity contribution in [3.63, 3.8) is 0 Å². The molecule has 0 aliphatic heterocycles. The summed E-state index contributed by atoms with van der Waals surface area (Å²) in [5, 5.41) is 6.01. The minimum atomic E-state index is 0.980. The molecule has 0 radical (unpaired) electrons. The lowest BCUT2D eigenvalue weighted by Gasteiger charge is -2.16. The van der Waals surface area contributed by atoms with E-state index in [2.05, 4.69) is 61.3 Å². The average Bonchev–Trinajstić information content (AvgIpc) is 2.48. The highest BCUT2D eigenvalue weighted by Crippen LogP contribution is 1.82. The number of hydrogen-bond donors (Lipinski definition) is 2. The van der Waals surface area contributed by atoms with E-state index in [0.29, 0.717) is 0 Å².